The summed E-state index contributed by atoms with van der Waals surface area (Å²) in [6.45, 7) is 4.27. The zero-order chi connectivity index (χ0) is 11.5. The highest BCUT2D eigenvalue weighted by molar-refractivity contribution is 9.10. The van der Waals surface area contributed by atoms with Crippen LogP contribution in [0.2, 0.25) is 0 Å². The van der Waals surface area contributed by atoms with Crippen molar-refractivity contribution >= 4 is 21.9 Å². The van der Waals surface area contributed by atoms with E-state index in [9.17, 15) is 4.79 Å². The third kappa shape index (κ3) is 8.84. The van der Waals surface area contributed by atoms with Crippen molar-refractivity contribution in [2.24, 2.45) is 0 Å². The second kappa shape index (κ2) is 10.4. The molecule has 0 saturated carbocycles. The van der Waals surface area contributed by atoms with Gasteiger partial charge in [0.1, 0.15) is 4.83 Å². The van der Waals surface area contributed by atoms with E-state index in [2.05, 4.69) is 27.6 Å². The number of hydrogen-bond acceptors (Lipinski definition) is 4. The number of carbonyl (C=O) groups is 1. The van der Waals surface area contributed by atoms with Crippen molar-refractivity contribution in [2.45, 2.75) is 24.6 Å². The summed E-state index contributed by atoms with van der Waals surface area (Å²) >= 11 is 3.16. The van der Waals surface area contributed by atoms with E-state index in [1.54, 1.807) is 0 Å². The van der Waals surface area contributed by atoms with Gasteiger partial charge in [-0.05, 0) is 6.42 Å². The van der Waals surface area contributed by atoms with Crippen molar-refractivity contribution in [1.29, 1.82) is 0 Å². The summed E-state index contributed by atoms with van der Waals surface area (Å²) in [4.78, 5) is 10.5. The van der Waals surface area contributed by atoms with E-state index < -0.39 is 4.83 Å². The number of hydrogen-bond donors (Lipinski definition) is 0. The topological polar surface area (TPSA) is 44.8 Å². The Morgan fingerprint density at radius 3 is 2.53 bits per heavy atom. The molecule has 0 spiro atoms. The van der Waals surface area contributed by atoms with Crippen LogP contribution < -0.4 is 0 Å². The lowest BCUT2D eigenvalue weighted by molar-refractivity contribution is -0.141. The maximum Gasteiger partial charge on any atom is 0.321 e. The van der Waals surface area contributed by atoms with E-state index in [1.165, 1.54) is 7.11 Å². The number of esters is 1. The number of carbonyl (C=O) groups excluding carboxylic acids is 1. The number of halogens is 1. The van der Waals surface area contributed by atoms with Crippen molar-refractivity contribution in [3.63, 3.8) is 0 Å². The minimum absolute atomic E-state index is 0.309. The van der Waals surface area contributed by atoms with Crippen LogP contribution in [0.15, 0.2) is 0 Å². The molecule has 1 atom stereocenters. The molecule has 1 unspecified atom stereocenters. The molecule has 90 valence electrons. The van der Waals surface area contributed by atoms with Gasteiger partial charge in [0, 0.05) is 6.61 Å². The van der Waals surface area contributed by atoms with E-state index in [1.807, 2.05) is 0 Å². The van der Waals surface area contributed by atoms with Gasteiger partial charge in [-0.2, -0.15) is 0 Å². The first-order chi connectivity index (χ1) is 7.22. The molecule has 0 amide bonds. The predicted molar refractivity (Wildman–Crippen MR) is 61.3 cm³/mol. The summed E-state index contributed by atoms with van der Waals surface area (Å²) in [6, 6.07) is 0. The Balaban J connectivity index is 3.20. The van der Waals surface area contributed by atoms with Crippen LogP contribution >= 0.6 is 15.9 Å². The standard InChI is InChI=1S/C10H19BrO4/c1-3-4-5-14-6-7-15-8-9(11)10(12)13-2/h9H,3-8H2,1-2H3. The first-order valence-electron chi connectivity index (χ1n) is 5.09. The average Bonchev–Trinajstić information content (AvgIpc) is 2.26. The quantitative estimate of drug-likeness (QED) is 0.367. The Labute approximate surface area is 99.4 Å². The largest absolute Gasteiger partial charge is 0.468 e. The summed E-state index contributed by atoms with van der Waals surface area (Å²) in [6.07, 6.45) is 2.20. The fourth-order valence-electron chi connectivity index (χ4n) is 0.849. The minimum atomic E-state index is -0.391. The first-order valence-corrected chi connectivity index (χ1v) is 6.01. The van der Waals surface area contributed by atoms with Crippen LogP contribution in [-0.2, 0) is 19.0 Å². The van der Waals surface area contributed by atoms with Crippen molar-refractivity contribution in [2.75, 3.05) is 33.5 Å². The van der Waals surface area contributed by atoms with Crippen LogP contribution in [-0.4, -0.2) is 44.3 Å². The monoisotopic (exact) mass is 282 g/mol. The summed E-state index contributed by atoms with van der Waals surface area (Å²) in [7, 11) is 1.35. The molecular formula is C10H19BrO4. The van der Waals surface area contributed by atoms with Crippen LogP contribution in [0.4, 0.5) is 0 Å². The second-order valence-corrected chi connectivity index (χ2v) is 4.14. The molecule has 15 heavy (non-hydrogen) atoms. The molecule has 0 N–H and O–H groups in total. The molecule has 0 aromatic carbocycles. The van der Waals surface area contributed by atoms with Crippen molar-refractivity contribution in [3.8, 4) is 0 Å². The fourth-order valence-corrected chi connectivity index (χ4v) is 1.22. The molecule has 4 nitrogen and oxygen atoms in total. The Hall–Kier alpha value is -0.130. The molecule has 5 heteroatoms. The first kappa shape index (κ1) is 14.9. The molecule has 0 rings (SSSR count). The van der Waals surface area contributed by atoms with E-state index in [0.29, 0.717) is 19.8 Å². The third-order valence-electron chi connectivity index (χ3n) is 1.74. The predicted octanol–water partition coefficient (Wildman–Crippen LogP) is 1.76. The molecule has 0 fully saturated rings. The molecule has 0 heterocycles. The van der Waals surface area contributed by atoms with E-state index in [-0.39, 0.29) is 5.97 Å². The maximum atomic E-state index is 10.9. The summed E-state index contributed by atoms with van der Waals surface area (Å²) in [5.41, 5.74) is 0. The third-order valence-corrected chi connectivity index (χ3v) is 2.37. The Morgan fingerprint density at radius 2 is 1.93 bits per heavy atom. The highest BCUT2D eigenvalue weighted by Crippen LogP contribution is 2.02. The number of ether oxygens (including phenoxy) is 3. The SMILES string of the molecule is CCCCOCCOCC(Br)C(=O)OC. The molecule has 0 saturated heterocycles. The van der Waals surface area contributed by atoms with Gasteiger partial charge >= 0.3 is 5.97 Å². The molecule has 0 aliphatic rings. The van der Waals surface area contributed by atoms with E-state index in [0.717, 1.165) is 19.4 Å². The van der Waals surface area contributed by atoms with E-state index >= 15 is 0 Å². The lowest BCUT2D eigenvalue weighted by atomic mass is 10.4. The van der Waals surface area contributed by atoms with Crippen molar-refractivity contribution < 1.29 is 19.0 Å². The van der Waals surface area contributed by atoms with Crippen LogP contribution in [0.3, 0.4) is 0 Å². The fraction of sp³-hybridized carbons (Fsp3) is 0.900. The highest BCUT2D eigenvalue weighted by atomic mass is 79.9. The van der Waals surface area contributed by atoms with Gasteiger partial charge in [-0.25, -0.2) is 0 Å². The average molecular weight is 283 g/mol. The van der Waals surface area contributed by atoms with Crippen LogP contribution in [0.5, 0.6) is 0 Å². The number of rotatable bonds is 9. The minimum Gasteiger partial charge on any atom is -0.468 e. The lowest BCUT2D eigenvalue weighted by Gasteiger charge is -2.08. The van der Waals surface area contributed by atoms with Gasteiger partial charge < -0.3 is 14.2 Å². The van der Waals surface area contributed by atoms with Gasteiger partial charge in [0.15, 0.2) is 0 Å². The van der Waals surface area contributed by atoms with Crippen LogP contribution in [0.1, 0.15) is 19.8 Å². The molecule has 0 bridgehead atoms. The van der Waals surface area contributed by atoms with Gasteiger partial charge in [0.05, 0.1) is 26.9 Å². The number of methoxy groups -OCH3 is 1. The van der Waals surface area contributed by atoms with Gasteiger partial charge in [-0.1, -0.05) is 29.3 Å². The van der Waals surface area contributed by atoms with Gasteiger partial charge in [0.25, 0.3) is 0 Å². The Morgan fingerprint density at radius 1 is 1.27 bits per heavy atom. The Kier molecular flexibility index (Phi) is 10.3. The summed E-state index contributed by atoms with van der Waals surface area (Å²) in [5.74, 6) is -0.318. The lowest BCUT2D eigenvalue weighted by Crippen LogP contribution is -2.22. The van der Waals surface area contributed by atoms with E-state index in [4.69, 9.17) is 9.47 Å². The molecule has 0 radical (unpaired) electrons. The second-order valence-electron chi connectivity index (χ2n) is 3.03. The van der Waals surface area contributed by atoms with Crippen molar-refractivity contribution in [3.05, 3.63) is 0 Å². The van der Waals surface area contributed by atoms with Crippen LogP contribution in [0.25, 0.3) is 0 Å². The molecule has 0 aliphatic carbocycles. The molecule has 0 aromatic rings. The Bertz CT molecular complexity index is 164. The smallest absolute Gasteiger partial charge is 0.321 e. The zero-order valence-electron chi connectivity index (χ0n) is 9.33. The number of alkyl halides is 1. The molecule has 0 aromatic heterocycles. The zero-order valence-corrected chi connectivity index (χ0v) is 10.9. The van der Waals surface area contributed by atoms with Gasteiger partial charge in [-0.3, -0.25) is 4.79 Å². The number of unbranched alkanes of at least 4 members (excludes halogenated alkanes) is 1. The van der Waals surface area contributed by atoms with Crippen LogP contribution in [0, 0.1) is 0 Å². The summed E-state index contributed by atoms with van der Waals surface area (Å²) in [5, 5.41) is 0. The molecular weight excluding hydrogens is 264 g/mol. The molecule has 0 aliphatic heterocycles. The normalized spacial score (nSPS) is 12.5. The maximum absolute atomic E-state index is 10.9. The van der Waals surface area contributed by atoms with Gasteiger partial charge in [-0.15, -0.1) is 0 Å². The van der Waals surface area contributed by atoms with Crippen molar-refractivity contribution in [1.82, 2.24) is 0 Å². The summed E-state index contributed by atoms with van der Waals surface area (Å²) < 4.78 is 15.0. The van der Waals surface area contributed by atoms with Gasteiger partial charge in [0.2, 0.25) is 0 Å². The highest BCUT2D eigenvalue weighted by Gasteiger charge is 2.14.